The number of phenolic OH excluding ortho intramolecular Hbond substituents is 1. The highest BCUT2D eigenvalue weighted by Gasteiger charge is 2.33. The van der Waals surface area contributed by atoms with Gasteiger partial charge in [-0.3, -0.25) is 4.90 Å². The van der Waals surface area contributed by atoms with E-state index in [1.807, 2.05) is 12.1 Å². The molecule has 0 aromatic heterocycles. The Morgan fingerprint density at radius 2 is 2.05 bits per heavy atom. The van der Waals surface area contributed by atoms with Crippen LogP contribution in [0, 0.1) is 5.92 Å². The molecule has 1 aromatic rings. The predicted molar refractivity (Wildman–Crippen MR) is 85.3 cm³/mol. The lowest BCUT2D eigenvalue weighted by molar-refractivity contribution is 0.158. The molecule has 1 atom stereocenters. The van der Waals surface area contributed by atoms with Gasteiger partial charge in [0.2, 0.25) is 0 Å². The lowest BCUT2D eigenvalue weighted by atomic mass is 9.97. The molecule has 2 fully saturated rings. The Hall–Kier alpha value is -0.290. The van der Waals surface area contributed by atoms with Gasteiger partial charge in [0, 0.05) is 42.8 Å². The van der Waals surface area contributed by atoms with Crippen molar-refractivity contribution in [2.45, 2.75) is 25.3 Å². The molecular formula is C15H20BrClN2O. The van der Waals surface area contributed by atoms with Gasteiger partial charge in [-0.2, -0.15) is 0 Å². The highest BCUT2D eigenvalue weighted by molar-refractivity contribution is 9.10. The van der Waals surface area contributed by atoms with Crippen LogP contribution in [-0.4, -0.2) is 36.2 Å². The first-order valence-corrected chi connectivity index (χ1v) is 8.45. The number of piperazine rings is 1. The van der Waals surface area contributed by atoms with Gasteiger partial charge in [-0.25, -0.2) is 0 Å². The zero-order valence-electron chi connectivity index (χ0n) is 11.4. The van der Waals surface area contributed by atoms with Gasteiger partial charge >= 0.3 is 0 Å². The number of halogens is 2. The van der Waals surface area contributed by atoms with Gasteiger partial charge in [0.25, 0.3) is 0 Å². The van der Waals surface area contributed by atoms with Crippen LogP contribution in [0.25, 0.3) is 0 Å². The molecule has 0 unspecified atom stereocenters. The highest BCUT2D eigenvalue weighted by Crippen LogP contribution is 2.46. The summed E-state index contributed by atoms with van der Waals surface area (Å²) in [5.74, 6) is 1.10. The number of hydrogen-bond donors (Lipinski definition) is 2. The van der Waals surface area contributed by atoms with Gasteiger partial charge in [-0.15, -0.1) is 0 Å². The Balaban J connectivity index is 1.93. The lowest BCUT2D eigenvalue weighted by Crippen LogP contribution is -2.45. The summed E-state index contributed by atoms with van der Waals surface area (Å²) in [4.78, 5) is 2.46. The van der Waals surface area contributed by atoms with Crippen LogP contribution < -0.4 is 5.32 Å². The van der Waals surface area contributed by atoms with E-state index in [9.17, 15) is 5.11 Å². The van der Waals surface area contributed by atoms with Crippen molar-refractivity contribution in [3.63, 3.8) is 0 Å². The first kappa shape index (κ1) is 14.6. The standard InChI is InChI=1S/C15H20BrClN2O/c16-11-3-4-12(17)14(15(11)20)13(9-10-1-2-10)19-7-5-18-6-8-19/h3-4,10,13,18,20H,1-2,5-9H2/t13-/m1/s1. The molecule has 5 heteroatoms. The van der Waals surface area contributed by atoms with Gasteiger partial charge in [0.15, 0.2) is 0 Å². The third kappa shape index (κ3) is 3.14. The summed E-state index contributed by atoms with van der Waals surface area (Å²) in [5.41, 5.74) is 0.898. The SMILES string of the molecule is Oc1c(Br)ccc(Cl)c1[C@@H](CC1CC1)N1CCNCC1. The fourth-order valence-electron chi connectivity index (χ4n) is 2.99. The quantitative estimate of drug-likeness (QED) is 0.863. The molecule has 20 heavy (non-hydrogen) atoms. The summed E-state index contributed by atoms with van der Waals surface area (Å²) in [6, 6.07) is 3.92. The molecule has 1 aromatic carbocycles. The monoisotopic (exact) mass is 358 g/mol. The maximum Gasteiger partial charge on any atom is 0.136 e. The van der Waals surface area contributed by atoms with E-state index in [1.165, 1.54) is 12.8 Å². The van der Waals surface area contributed by atoms with Crippen molar-refractivity contribution in [3.8, 4) is 5.75 Å². The van der Waals surface area contributed by atoms with E-state index >= 15 is 0 Å². The second-order valence-corrected chi connectivity index (χ2v) is 7.03. The van der Waals surface area contributed by atoms with Crippen LogP contribution in [0.2, 0.25) is 5.02 Å². The third-order valence-electron chi connectivity index (χ3n) is 4.29. The molecule has 0 spiro atoms. The van der Waals surface area contributed by atoms with Crippen molar-refractivity contribution < 1.29 is 5.11 Å². The van der Waals surface area contributed by atoms with Crippen molar-refractivity contribution in [1.29, 1.82) is 0 Å². The Bertz CT molecular complexity index is 487. The van der Waals surface area contributed by atoms with Crippen LogP contribution >= 0.6 is 27.5 Å². The first-order chi connectivity index (χ1) is 9.66. The summed E-state index contributed by atoms with van der Waals surface area (Å²) in [6.07, 6.45) is 3.73. The van der Waals surface area contributed by atoms with E-state index in [4.69, 9.17) is 11.6 Å². The Morgan fingerprint density at radius 3 is 2.70 bits per heavy atom. The summed E-state index contributed by atoms with van der Waals surface area (Å²) in [5, 5.41) is 14.5. The molecule has 0 bridgehead atoms. The predicted octanol–water partition coefficient (Wildman–Crippen LogP) is 3.55. The minimum Gasteiger partial charge on any atom is -0.506 e. The van der Waals surface area contributed by atoms with E-state index in [0.29, 0.717) is 10.8 Å². The average molecular weight is 360 g/mol. The maximum atomic E-state index is 10.4. The largest absolute Gasteiger partial charge is 0.506 e. The van der Waals surface area contributed by atoms with Crippen molar-refractivity contribution in [2.75, 3.05) is 26.2 Å². The van der Waals surface area contributed by atoms with E-state index in [2.05, 4.69) is 26.1 Å². The van der Waals surface area contributed by atoms with E-state index in [0.717, 1.165) is 48.6 Å². The Labute approximate surface area is 133 Å². The molecule has 1 saturated carbocycles. The topological polar surface area (TPSA) is 35.5 Å². The first-order valence-electron chi connectivity index (χ1n) is 7.28. The molecule has 2 aliphatic rings. The van der Waals surface area contributed by atoms with Crippen molar-refractivity contribution >= 4 is 27.5 Å². The van der Waals surface area contributed by atoms with Gasteiger partial charge in [0.05, 0.1) is 4.47 Å². The summed E-state index contributed by atoms with van der Waals surface area (Å²) < 4.78 is 0.729. The van der Waals surface area contributed by atoms with E-state index in [1.54, 1.807) is 0 Å². The highest BCUT2D eigenvalue weighted by atomic mass is 79.9. The lowest BCUT2D eigenvalue weighted by Gasteiger charge is -2.36. The molecule has 3 rings (SSSR count). The van der Waals surface area contributed by atoms with Crippen molar-refractivity contribution in [2.24, 2.45) is 5.92 Å². The summed E-state index contributed by atoms with van der Waals surface area (Å²) in [6.45, 7) is 4.04. The number of phenols is 1. The normalized spacial score (nSPS) is 21.9. The third-order valence-corrected chi connectivity index (χ3v) is 5.26. The minimum absolute atomic E-state index is 0.231. The number of nitrogens with one attached hydrogen (secondary N) is 1. The second-order valence-electron chi connectivity index (χ2n) is 5.77. The number of benzene rings is 1. The fraction of sp³-hybridized carbons (Fsp3) is 0.600. The molecule has 0 radical (unpaired) electrons. The van der Waals surface area contributed by atoms with Crippen LogP contribution in [0.5, 0.6) is 5.75 Å². The number of aromatic hydroxyl groups is 1. The molecule has 1 saturated heterocycles. The van der Waals surface area contributed by atoms with Crippen LogP contribution in [0.15, 0.2) is 16.6 Å². The van der Waals surface area contributed by atoms with Gasteiger partial charge in [-0.1, -0.05) is 24.4 Å². The van der Waals surface area contributed by atoms with Crippen LogP contribution in [0.1, 0.15) is 30.9 Å². The average Bonchev–Trinajstić information content (AvgIpc) is 3.27. The zero-order valence-corrected chi connectivity index (χ0v) is 13.8. The minimum atomic E-state index is 0.231. The summed E-state index contributed by atoms with van der Waals surface area (Å²) in [7, 11) is 0. The van der Waals surface area contributed by atoms with Crippen LogP contribution in [0.3, 0.4) is 0 Å². The Morgan fingerprint density at radius 1 is 1.35 bits per heavy atom. The maximum absolute atomic E-state index is 10.4. The molecule has 2 N–H and O–H groups in total. The zero-order chi connectivity index (χ0) is 14.1. The second kappa shape index (κ2) is 6.22. The summed E-state index contributed by atoms with van der Waals surface area (Å²) >= 11 is 9.81. The van der Waals surface area contributed by atoms with Crippen LogP contribution in [0.4, 0.5) is 0 Å². The van der Waals surface area contributed by atoms with Crippen LogP contribution in [-0.2, 0) is 0 Å². The molecule has 3 nitrogen and oxygen atoms in total. The fourth-order valence-corrected chi connectivity index (χ4v) is 3.61. The van der Waals surface area contributed by atoms with Gasteiger partial charge in [-0.05, 0) is 40.4 Å². The van der Waals surface area contributed by atoms with E-state index < -0.39 is 0 Å². The molecule has 1 aliphatic heterocycles. The molecule has 1 aliphatic carbocycles. The molecule has 0 amide bonds. The number of hydrogen-bond acceptors (Lipinski definition) is 3. The molecule has 1 heterocycles. The van der Waals surface area contributed by atoms with Crippen molar-refractivity contribution in [1.82, 2.24) is 10.2 Å². The molecule has 110 valence electrons. The smallest absolute Gasteiger partial charge is 0.136 e. The van der Waals surface area contributed by atoms with E-state index in [-0.39, 0.29) is 6.04 Å². The van der Waals surface area contributed by atoms with Crippen molar-refractivity contribution in [3.05, 3.63) is 27.2 Å². The van der Waals surface area contributed by atoms with Gasteiger partial charge in [0.1, 0.15) is 5.75 Å². The number of nitrogens with zero attached hydrogens (tertiary/aromatic N) is 1. The number of rotatable bonds is 4. The molecular weight excluding hydrogens is 340 g/mol. The van der Waals surface area contributed by atoms with Gasteiger partial charge < -0.3 is 10.4 Å². The Kier molecular flexibility index (Phi) is 4.55.